The molecular formula is C13H12BO2. The monoisotopic (exact) mass is 211 g/mol. The van der Waals surface area contributed by atoms with Crippen molar-refractivity contribution in [1.82, 2.24) is 0 Å². The molecule has 2 aromatic carbocycles. The molecule has 0 N–H and O–H groups in total. The molecule has 2 nitrogen and oxygen atoms in total. The molecule has 0 fully saturated rings. The highest BCUT2D eigenvalue weighted by Gasteiger charge is 1.98. The van der Waals surface area contributed by atoms with Gasteiger partial charge in [-0.05, 0) is 17.7 Å². The number of benzene rings is 2. The zero-order valence-corrected chi connectivity index (χ0v) is 8.87. The fourth-order valence-electron chi connectivity index (χ4n) is 1.29. The maximum absolute atomic E-state index is 5.28. The minimum Gasteiger partial charge on any atom is -0.537 e. The van der Waals surface area contributed by atoms with E-state index in [1.54, 1.807) is 0 Å². The van der Waals surface area contributed by atoms with E-state index >= 15 is 0 Å². The van der Waals surface area contributed by atoms with Crippen molar-refractivity contribution in [2.75, 3.05) is 0 Å². The Bertz CT molecular complexity index is 361. The summed E-state index contributed by atoms with van der Waals surface area (Å²) in [6.45, 7) is 0.522. The van der Waals surface area contributed by atoms with Crippen LogP contribution >= 0.6 is 0 Å². The summed E-state index contributed by atoms with van der Waals surface area (Å²) >= 11 is 0. The molecule has 0 saturated heterocycles. The van der Waals surface area contributed by atoms with Crippen LogP contribution in [-0.4, -0.2) is 7.69 Å². The van der Waals surface area contributed by atoms with E-state index in [0.29, 0.717) is 6.61 Å². The fourth-order valence-corrected chi connectivity index (χ4v) is 1.29. The van der Waals surface area contributed by atoms with E-state index in [1.165, 1.54) is 7.69 Å². The zero-order valence-electron chi connectivity index (χ0n) is 8.87. The SMILES string of the molecule is [B](OCc1ccccc1)Oc1ccccc1. The van der Waals surface area contributed by atoms with Crippen molar-refractivity contribution in [3.8, 4) is 5.75 Å². The summed E-state index contributed by atoms with van der Waals surface area (Å²) in [6.07, 6.45) is 0. The van der Waals surface area contributed by atoms with E-state index in [9.17, 15) is 0 Å². The Labute approximate surface area is 96.1 Å². The van der Waals surface area contributed by atoms with Gasteiger partial charge in [0.2, 0.25) is 0 Å². The molecule has 2 rings (SSSR count). The molecule has 0 atom stereocenters. The predicted octanol–water partition coefficient (Wildman–Crippen LogP) is 2.82. The van der Waals surface area contributed by atoms with Gasteiger partial charge in [-0.3, -0.25) is 0 Å². The average Bonchev–Trinajstić information content (AvgIpc) is 2.37. The molecule has 0 aliphatic rings. The van der Waals surface area contributed by atoms with Gasteiger partial charge in [0, 0.05) is 0 Å². The summed E-state index contributed by atoms with van der Waals surface area (Å²) in [4.78, 5) is 0. The molecule has 0 spiro atoms. The van der Waals surface area contributed by atoms with Gasteiger partial charge in [-0.15, -0.1) is 0 Å². The van der Waals surface area contributed by atoms with Crippen LogP contribution in [0.5, 0.6) is 5.75 Å². The molecule has 0 aliphatic carbocycles. The molecule has 79 valence electrons. The average molecular weight is 211 g/mol. The molecular weight excluding hydrogens is 199 g/mol. The second-order valence-corrected chi connectivity index (χ2v) is 3.32. The van der Waals surface area contributed by atoms with Crippen LogP contribution in [0.15, 0.2) is 60.7 Å². The van der Waals surface area contributed by atoms with Gasteiger partial charge in [0.25, 0.3) is 0 Å². The maximum Gasteiger partial charge on any atom is 0.572 e. The van der Waals surface area contributed by atoms with Gasteiger partial charge in [0.05, 0.1) is 12.4 Å². The zero-order chi connectivity index (χ0) is 11.1. The predicted molar refractivity (Wildman–Crippen MR) is 64.1 cm³/mol. The molecule has 0 amide bonds. The van der Waals surface area contributed by atoms with Gasteiger partial charge in [-0.25, -0.2) is 0 Å². The molecule has 2 aromatic rings. The standard InChI is InChI=1S/C13H12BO2/c1-3-7-12(8-4-1)11-15-14-16-13-9-5-2-6-10-13/h1-10H,11H2. The lowest BCUT2D eigenvalue weighted by Gasteiger charge is -2.04. The lowest BCUT2D eigenvalue weighted by Crippen LogP contribution is -2.07. The van der Waals surface area contributed by atoms with Crippen LogP contribution < -0.4 is 4.65 Å². The van der Waals surface area contributed by atoms with E-state index < -0.39 is 0 Å². The highest BCUT2D eigenvalue weighted by atomic mass is 16.6. The number of hydrogen-bond acceptors (Lipinski definition) is 2. The minimum atomic E-state index is 0.522. The van der Waals surface area contributed by atoms with Crippen molar-refractivity contribution in [2.24, 2.45) is 0 Å². The van der Waals surface area contributed by atoms with Crippen molar-refractivity contribution in [3.63, 3.8) is 0 Å². The van der Waals surface area contributed by atoms with Gasteiger partial charge in [-0.2, -0.15) is 0 Å². The van der Waals surface area contributed by atoms with Crippen LogP contribution in [0.1, 0.15) is 5.56 Å². The van der Waals surface area contributed by atoms with E-state index in [2.05, 4.69) is 0 Å². The topological polar surface area (TPSA) is 18.5 Å². The number of rotatable bonds is 5. The van der Waals surface area contributed by atoms with E-state index in [-0.39, 0.29) is 0 Å². The van der Waals surface area contributed by atoms with Crippen LogP contribution in [-0.2, 0) is 11.3 Å². The molecule has 0 heterocycles. The normalized spacial score (nSPS) is 9.75. The summed E-state index contributed by atoms with van der Waals surface area (Å²) in [7, 11) is 1.36. The quantitative estimate of drug-likeness (QED) is 0.559. The highest BCUT2D eigenvalue weighted by Crippen LogP contribution is 2.07. The van der Waals surface area contributed by atoms with Crippen LogP contribution in [0, 0.1) is 0 Å². The Morgan fingerprint density at radius 3 is 2.12 bits per heavy atom. The molecule has 0 aromatic heterocycles. The molecule has 0 unspecified atom stereocenters. The van der Waals surface area contributed by atoms with E-state index in [0.717, 1.165) is 11.3 Å². The summed E-state index contributed by atoms with van der Waals surface area (Å²) in [5.74, 6) is 0.774. The Hall–Kier alpha value is -1.74. The third-order valence-electron chi connectivity index (χ3n) is 2.09. The first-order chi connectivity index (χ1) is 7.95. The Balaban J connectivity index is 1.70. The van der Waals surface area contributed by atoms with Crippen LogP contribution in [0.4, 0.5) is 0 Å². The first kappa shape index (κ1) is 10.8. The molecule has 0 bridgehead atoms. The largest absolute Gasteiger partial charge is 0.572 e. The van der Waals surface area contributed by atoms with Gasteiger partial charge in [0.15, 0.2) is 0 Å². The first-order valence-corrected chi connectivity index (χ1v) is 5.14. The smallest absolute Gasteiger partial charge is 0.537 e. The van der Waals surface area contributed by atoms with Crippen molar-refractivity contribution in [1.29, 1.82) is 0 Å². The second kappa shape index (κ2) is 5.98. The Morgan fingerprint density at radius 2 is 1.44 bits per heavy atom. The van der Waals surface area contributed by atoms with Crippen LogP contribution in [0.2, 0.25) is 0 Å². The molecule has 16 heavy (non-hydrogen) atoms. The van der Waals surface area contributed by atoms with E-state index in [4.69, 9.17) is 9.31 Å². The number of hydrogen-bond donors (Lipinski definition) is 0. The van der Waals surface area contributed by atoms with Crippen molar-refractivity contribution in [2.45, 2.75) is 6.61 Å². The van der Waals surface area contributed by atoms with Crippen LogP contribution in [0.25, 0.3) is 0 Å². The molecule has 0 aliphatic heterocycles. The van der Waals surface area contributed by atoms with Crippen molar-refractivity contribution >= 4 is 7.69 Å². The first-order valence-electron chi connectivity index (χ1n) is 5.14. The Kier molecular flexibility index (Phi) is 4.03. The van der Waals surface area contributed by atoms with Gasteiger partial charge >= 0.3 is 7.69 Å². The molecule has 1 radical (unpaired) electrons. The van der Waals surface area contributed by atoms with Gasteiger partial charge < -0.3 is 9.31 Å². The van der Waals surface area contributed by atoms with Gasteiger partial charge in [-0.1, -0.05) is 48.5 Å². The second-order valence-electron chi connectivity index (χ2n) is 3.32. The van der Waals surface area contributed by atoms with E-state index in [1.807, 2.05) is 60.7 Å². The highest BCUT2D eigenvalue weighted by molar-refractivity contribution is 6.19. The van der Waals surface area contributed by atoms with Gasteiger partial charge in [0.1, 0.15) is 0 Å². The fraction of sp³-hybridized carbons (Fsp3) is 0.0769. The lowest BCUT2D eigenvalue weighted by molar-refractivity contribution is 0.278. The lowest BCUT2D eigenvalue weighted by atomic mass is 10.2. The third kappa shape index (κ3) is 3.44. The summed E-state index contributed by atoms with van der Waals surface area (Å²) in [5, 5.41) is 0. The van der Waals surface area contributed by atoms with Crippen molar-refractivity contribution < 1.29 is 9.31 Å². The molecule has 3 heteroatoms. The summed E-state index contributed by atoms with van der Waals surface area (Å²) in [5.41, 5.74) is 1.12. The summed E-state index contributed by atoms with van der Waals surface area (Å²) in [6, 6.07) is 19.5. The summed E-state index contributed by atoms with van der Waals surface area (Å²) < 4.78 is 10.6. The number of para-hydroxylation sites is 1. The Morgan fingerprint density at radius 1 is 0.812 bits per heavy atom. The maximum atomic E-state index is 5.28. The third-order valence-corrected chi connectivity index (χ3v) is 2.09. The molecule has 0 saturated carbocycles. The van der Waals surface area contributed by atoms with Crippen LogP contribution in [0.3, 0.4) is 0 Å². The van der Waals surface area contributed by atoms with Crippen molar-refractivity contribution in [3.05, 3.63) is 66.2 Å². The minimum absolute atomic E-state index is 0.522.